The van der Waals surface area contributed by atoms with Crippen molar-refractivity contribution in [3.05, 3.63) is 99.6 Å². The zero-order valence-electron chi connectivity index (χ0n) is 24.6. The predicted molar refractivity (Wildman–Crippen MR) is 163 cm³/mol. The molecule has 5 aromatic rings. The Kier molecular flexibility index (Phi) is 7.85. The minimum atomic E-state index is -0.149. The van der Waals surface area contributed by atoms with E-state index >= 15 is 0 Å². The van der Waals surface area contributed by atoms with Gasteiger partial charge in [-0.1, -0.05) is 49.7 Å². The van der Waals surface area contributed by atoms with Crippen LogP contribution in [-0.2, 0) is 26.1 Å². The molecule has 0 spiro atoms. The first-order valence-corrected chi connectivity index (χ1v) is 15.0. The summed E-state index contributed by atoms with van der Waals surface area (Å²) in [6, 6.07) is 21.9. The highest BCUT2D eigenvalue weighted by Crippen LogP contribution is 2.36. The minimum Gasteiger partial charge on any atom is -0.486 e. The van der Waals surface area contributed by atoms with Gasteiger partial charge < -0.3 is 23.9 Å². The largest absolute Gasteiger partial charge is 0.486 e. The Morgan fingerprint density at radius 3 is 2.52 bits per heavy atom. The first-order valence-electron chi connectivity index (χ1n) is 15.0. The number of nitrogens with one attached hydrogen (secondary N) is 1. The van der Waals surface area contributed by atoms with Gasteiger partial charge in [-0.15, -0.1) is 5.10 Å². The number of benzene rings is 3. The topological polar surface area (TPSA) is 117 Å². The monoisotopic (exact) mass is 594 g/mol. The van der Waals surface area contributed by atoms with Crippen molar-refractivity contribution in [2.45, 2.75) is 51.9 Å². The Morgan fingerprint density at radius 1 is 0.886 bits per heavy atom. The third kappa shape index (κ3) is 5.83. The molecule has 2 aromatic heterocycles. The molecule has 2 aliphatic heterocycles. The van der Waals surface area contributed by atoms with Gasteiger partial charge in [0.2, 0.25) is 6.79 Å². The van der Waals surface area contributed by atoms with Crippen molar-refractivity contribution in [3.8, 4) is 23.0 Å². The molecule has 4 heterocycles. The molecule has 11 nitrogen and oxygen atoms in total. The number of rotatable bonds is 11. The molecule has 226 valence electrons. The average molecular weight is 595 g/mol. The van der Waals surface area contributed by atoms with Crippen molar-refractivity contribution in [3.63, 3.8) is 0 Å². The van der Waals surface area contributed by atoms with Crippen molar-refractivity contribution >= 4 is 10.9 Å². The van der Waals surface area contributed by atoms with Crippen LogP contribution in [0.4, 0.5) is 0 Å². The van der Waals surface area contributed by atoms with E-state index < -0.39 is 0 Å². The van der Waals surface area contributed by atoms with Crippen LogP contribution < -0.4 is 24.5 Å². The lowest BCUT2D eigenvalue weighted by molar-refractivity contribution is 0.155. The van der Waals surface area contributed by atoms with Gasteiger partial charge in [0.1, 0.15) is 13.2 Å². The van der Waals surface area contributed by atoms with Crippen LogP contribution in [0, 0.1) is 0 Å². The molecule has 0 bridgehead atoms. The Morgan fingerprint density at radius 2 is 1.68 bits per heavy atom. The van der Waals surface area contributed by atoms with Crippen molar-refractivity contribution in [1.82, 2.24) is 30.1 Å². The molecule has 0 unspecified atom stereocenters. The fraction of sp³-hybridized carbons (Fsp3) is 0.333. The van der Waals surface area contributed by atoms with Crippen LogP contribution in [0.15, 0.2) is 71.5 Å². The molecule has 11 heteroatoms. The van der Waals surface area contributed by atoms with E-state index in [0.717, 1.165) is 47.5 Å². The van der Waals surface area contributed by atoms with Crippen LogP contribution in [0.2, 0.25) is 0 Å². The maximum absolute atomic E-state index is 13.5. The van der Waals surface area contributed by atoms with Gasteiger partial charge in [-0.3, -0.25) is 9.69 Å². The van der Waals surface area contributed by atoms with Crippen molar-refractivity contribution in [2.24, 2.45) is 0 Å². The fourth-order valence-corrected chi connectivity index (χ4v) is 5.91. The van der Waals surface area contributed by atoms with Gasteiger partial charge in [0.15, 0.2) is 28.8 Å². The van der Waals surface area contributed by atoms with Crippen molar-refractivity contribution in [2.75, 3.05) is 20.0 Å². The quantitative estimate of drug-likeness (QED) is 0.230. The van der Waals surface area contributed by atoms with Gasteiger partial charge in [-0.2, -0.15) is 0 Å². The number of hydrogen-bond acceptors (Lipinski definition) is 9. The van der Waals surface area contributed by atoms with Gasteiger partial charge >= 0.3 is 0 Å². The van der Waals surface area contributed by atoms with Crippen LogP contribution >= 0.6 is 0 Å². The molecule has 2 aliphatic rings. The summed E-state index contributed by atoms with van der Waals surface area (Å²) in [7, 11) is 0. The maximum Gasteiger partial charge on any atom is 0.252 e. The second-order valence-corrected chi connectivity index (χ2v) is 11.1. The summed E-state index contributed by atoms with van der Waals surface area (Å²) in [5, 5.41) is 13.9. The number of fused-ring (bicyclic) bond motifs is 3. The van der Waals surface area contributed by atoms with Crippen LogP contribution in [0.1, 0.15) is 48.3 Å². The summed E-state index contributed by atoms with van der Waals surface area (Å²) in [4.78, 5) is 18.8. The lowest BCUT2D eigenvalue weighted by Gasteiger charge is -2.31. The van der Waals surface area contributed by atoms with Crippen LogP contribution in [-0.4, -0.2) is 50.1 Å². The summed E-state index contributed by atoms with van der Waals surface area (Å²) in [5.74, 6) is 3.55. The SMILES string of the molecule is CCC[C@H](c1nnnn1CCc1ccccc1)N(Cc1ccc2c(c1)OCO2)Cc1cc2cc3c(cc2[nH]c1=O)OCCO3. The van der Waals surface area contributed by atoms with Gasteiger partial charge in [0, 0.05) is 36.7 Å². The second-order valence-electron chi connectivity index (χ2n) is 11.1. The van der Waals surface area contributed by atoms with Crippen molar-refractivity contribution in [1.29, 1.82) is 0 Å². The first kappa shape index (κ1) is 27.9. The summed E-state index contributed by atoms with van der Waals surface area (Å²) < 4.78 is 24.7. The number of nitrogens with zero attached hydrogens (tertiary/aromatic N) is 5. The van der Waals surface area contributed by atoms with Gasteiger partial charge in [0.05, 0.1) is 11.6 Å². The zero-order valence-corrected chi connectivity index (χ0v) is 24.6. The van der Waals surface area contributed by atoms with Gasteiger partial charge in [0.25, 0.3) is 5.56 Å². The number of ether oxygens (including phenoxy) is 4. The molecule has 1 N–H and O–H groups in total. The molecule has 0 aliphatic carbocycles. The van der Waals surface area contributed by atoms with E-state index in [9.17, 15) is 4.79 Å². The maximum atomic E-state index is 13.5. The Balaban J connectivity index is 1.24. The minimum absolute atomic E-state index is 0.147. The summed E-state index contributed by atoms with van der Waals surface area (Å²) in [6.45, 7) is 4.92. The summed E-state index contributed by atoms with van der Waals surface area (Å²) in [5.41, 5.74) is 3.45. The molecule has 0 radical (unpaired) electrons. The Labute approximate surface area is 254 Å². The highest BCUT2D eigenvalue weighted by atomic mass is 16.7. The molecule has 0 saturated carbocycles. The predicted octanol–water partition coefficient (Wildman–Crippen LogP) is 4.80. The average Bonchev–Trinajstić information content (AvgIpc) is 3.72. The van der Waals surface area contributed by atoms with E-state index in [2.05, 4.69) is 44.5 Å². The molecule has 7 rings (SSSR count). The first-order chi connectivity index (χ1) is 21.6. The molecule has 1 atom stereocenters. The highest BCUT2D eigenvalue weighted by Gasteiger charge is 2.28. The number of aromatic amines is 1. The molecule has 0 fully saturated rings. The fourth-order valence-electron chi connectivity index (χ4n) is 5.91. The molecule has 0 saturated heterocycles. The third-order valence-corrected chi connectivity index (χ3v) is 8.10. The number of tetrazole rings is 1. The highest BCUT2D eigenvalue weighted by molar-refractivity contribution is 5.83. The number of aryl methyl sites for hydroxylation is 2. The normalized spacial score (nSPS) is 14.3. The van der Waals surface area contributed by atoms with E-state index in [-0.39, 0.29) is 18.4 Å². The van der Waals surface area contributed by atoms with E-state index in [1.807, 2.05) is 59.3 Å². The lowest BCUT2D eigenvalue weighted by atomic mass is 10.0. The Bertz CT molecular complexity index is 1820. The number of hydrogen-bond donors (Lipinski definition) is 1. The van der Waals surface area contributed by atoms with Gasteiger partial charge in [-0.25, -0.2) is 4.68 Å². The van der Waals surface area contributed by atoms with E-state index in [4.69, 9.17) is 18.9 Å². The number of aromatic nitrogens is 5. The molecular weight excluding hydrogens is 560 g/mol. The van der Waals surface area contributed by atoms with Crippen LogP contribution in [0.3, 0.4) is 0 Å². The number of H-pyrrole nitrogens is 1. The van der Waals surface area contributed by atoms with E-state index in [1.165, 1.54) is 5.56 Å². The Hall–Kier alpha value is -4.90. The standard InChI is InChI=1S/C33H34N6O5/c1-2-6-27(32-35-36-37-39(32)12-11-22-7-4-3-5-8-22)38(19-23-9-10-28-29(15-23)44-21-43-28)20-25-16-24-17-30-31(42-14-13-41-30)18-26(24)34-33(25)40/h3-5,7-10,15-18,27H,2,6,11-14,19-21H2,1H3,(H,34,40)/t27-/m1/s1. The van der Waals surface area contributed by atoms with Crippen LogP contribution in [0.25, 0.3) is 10.9 Å². The third-order valence-electron chi connectivity index (χ3n) is 8.10. The molecule has 0 amide bonds. The molecular formula is C33H34N6O5. The van der Waals surface area contributed by atoms with Crippen LogP contribution in [0.5, 0.6) is 23.0 Å². The van der Waals surface area contributed by atoms with E-state index in [0.29, 0.717) is 55.4 Å². The van der Waals surface area contributed by atoms with Crippen molar-refractivity contribution < 1.29 is 18.9 Å². The second kappa shape index (κ2) is 12.4. The summed E-state index contributed by atoms with van der Waals surface area (Å²) >= 11 is 0. The van der Waals surface area contributed by atoms with E-state index in [1.54, 1.807) is 0 Å². The van der Waals surface area contributed by atoms with Gasteiger partial charge in [-0.05, 0) is 58.7 Å². The lowest BCUT2D eigenvalue weighted by Crippen LogP contribution is -2.32. The zero-order chi connectivity index (χ0) is 29.9. The smallest absolute Gasteiger partial charge is 0.252 e. The molecule has 3 aromatic carbocycles. The summed E-state index contributed by atoms with van der Waals surface area (Å²) in [6.07, 6.45) is 2.52. The molecule has 44 heavy (non-hydrogen) atoms. The number of pyridine rings is 1.